The Labute approximate surface area is 66.9 Å². The van der Waals surface area contributed by atoms with Crippen LogP contribution in [0, 0.1) is 5.92 Å². The Morgan fingerprint density at radius 2 is 2.08 bits per heavy atom. The van der Waals surface area contributed by atoms with Gasteiger partial charge in [0.05, 0.1) is 19.1 Å². The number of hydrogen-bond donors (Lipinski definition) is 1. The number of carbonyl (C=O) groups is 1. The van der Waals surface area contributed by atoms with Gasteiger partial charge >= 0.3 is 6.18 Å². The molecule has 0 unspecified atom stereocenters. The van der Waals surface area contributed by atoms with Gasteiger partial charge in [-0.05, 0) is 0 Å². The van der Waals surface area contributed by atoms with Crippen molar-refractivity contribution >= 4 is 5.91 Å². The minimum Gasteiger partial charge on any atom is -0.380 e. The lowest BCUT2D eigenvalue weighted by Crippen LogP contribution is -2.45. The van der Waals surface area contributed by atoms with Gasteiger partial charge in [-0.25, -0.2) is 0 Å². The van der Waals surface area contributed by atoms with Gasteiger partial charge < -0.3 is 10.1 Å². The monoisotopic (exact) mass is 183 g/mol. The summed E-state index contributed by atoms with van der Waals surface area (Å²) in [5.74, 6) is -0.981. The van der Waals surface area contributed by atoms with Crippen LogP contribution in [-0.4, -0.2) is 31.8 Å². The van der Waals surface area contributed by atoms with Crippen molar-refractivity contribution in [1.29, 1.82) is 0 Å². The summed E-state index contributed by atoms with van der Waals surface area (Å²) in [6, 6.07) is 0. The first kappa shape index (κ1) is 9.31. The van der Waals surface area contributed by atoms with Crippen LogP contribution in [0.3, 0.4) is 0 Å². The van der Waals surface area contributed by atoms with Crippen molar-refractivity contribution in [2.45, 2.75) is 6.18 Å². The summed E-state index contributed by atoms with van der Waals surface area (Å²) in [6.07, 6.45) is -4.33. The fourth-order valence-corrected chi connectivity index (χ4v) is 0.719. The molecule has 0 bridgehead atoms. The number of rotatable bonds is 2. The lowest BCUT2D eigenvalue weighted by atomic mass is 10.1. The van der Waals surface area contributed by atoms with E-state index in [9.17, 15) is 18.0 Å². The molecule has 1 N–H and O–H groups in total. The second kappa shape index (κ2) is 3.30. The summed E-state index contributed by atoms with van der Waals surface area (Å²) in [5.41, 5.74) is 0. The second-order valence-corrected chi connectivity index (χ2v) is 2.57. The third-order valence-corrected chi connectivity index (χ3v) is 1.47. The zero-order valence-electron chi connectivity index (χ0n) is 6.15. The number of carbonyl (C=O) groups excluding carboxylic acids is 1. The maximum Gasteiger partial charge on any atom is 0.405 e. The van der Waals surface area contributed by atoms with Gasteiger partial charge in [0, 0.05) is 0 Å². The van der Waals surface area contributed by atoms with Gasteiger partial charge in [-0.2, -0.15) is 13.2 Å². The number of alkyl halides is 3. The molecule has 12 heavy (non-hydrogen) atoms. The normalized spacial score (nSPS) is 18.6. The van der Waals surface area contributed by atoms with Crippen LogP contribution in [0.25, 0.3) is 0 Å². The van der Waals surface area contributed by atoms with Crippen LogP contribution in [-0.2, 0) is 9.53 Å². The van der Waals surface area contributed by atoms with E-state index in [0.29, 0.717) is 0 Å². The highest BCUT2D eigenvalue weighted by atomic mass is 19.4. The fraction of sp³-hybridized carbons (Fsp3) is 0.833. The smallest absolute Gasteiger partial charge is 0.380 e. The topological polar surface area (TPSA) is 38.3 Å². The zero-order valence-corrected chi connectivity index (χ0v) is 6.15. The van der Waals surface area contributed by atoms with Crippen molar-refractivity contribution in [3.05, 3.63) is 0 Å². The molecule has 1 fully saturated rings. The Balaban J connectivity index is 2.18. The van der Waals surface area contributed by atoms with Crippen LogP contribution in [0.5, 0.6) is 0 Å². The highest BCUT2D eigenvalue weighted by Gasteiger charge is 2.31. The summed E-state index contributed by atoms with van der Waals surface area (Å²) in [4.78, 5) is 10.8. The van der Waals surface area contributed by atoms with E-state index in [4.69, 9.17) is 0 Å². The van der Waals surface area contributed by atoms with E-state index < -0.39 is 24.5 Å². The van der Waals surface area contributed by atoms with Crippen LogP contribution < -0.4 is 5.32 Å². The predicted molar refractivity (Wildman–Crippen MR) is 33.4 cm³/mol. The molecule has 70 valence electrons. The maximum absolute atomic E-state index is 11.6. The Kier molecular flexibility index (Phi) is 2.56. The lowest BCUT2D eigenvalue weighted by molar-refractivity contribution is -0.150. The van der Waals surface area contributed by atoms with Gasteiger partial charge in [0.15, 0.2) is 0 Å². The summed E-state index contributed by atoms with van der Waals surface area (Å²) in [5, 5.41) is 1.78. The van der Waals surface area contributed by atoms with E-state index in [1.165, 1.54) is 0 Å². The molecule has 1 heterocycles. The van der Waals surface area contributed by atoms with Crippen LogP contribution >= 0.6 is 0 Å². The van der Waals surface area contributed by atoms with Crippen LogP contribution in [0.15, 0.2) is 0 Å². The van der Waals surface area contributed by atoms with E-state index >= 15 is 0 Å². The molecule has 6 heteroatoms. The van der Waals surface area contributed by atoms with Crippen molar-refractivity contribution in [2.75, 3.05) is 19.8 Å². The first-order valence-electron chi connectivity index (χ1n) is 3.41. The Bertz CT molecular complexity index is 176. The van der Waals surface area contributed by atoms with Crippen molar-refractivity contribution in [1.82, 2.24) is 5.32 Å². The molecule has 3 nitrogen and oxygen atoms in total. The number of nitrogens with one attached hydrogen (secondary N) is 1. The molecule has 0 aromatic heterocycles. The molecule has 1 amide bonds. The minimum absolute atomic E-state index is 0.226. The van der Waals surface area contributed by atoms with Crippen LogP contribution in [0.2, 0.25) is 0 Å². The maximum atomic E-state index is 11.6. The first-order valence-corrected chi connectivity index (χ1v) is 3.41. The van der Waals surface area contributed by atoms with E-state index in [1.807, 2.05) is 0 Å². The summed E-state index contributed by atoms with van der Waals surface area (Å²) in [7, 11) is 0. The number of hydrogen-bond acceptors (Lipinski definition) is 2. The number of amides is 1. The zero-order chi connectivity index (χ0) is 9.19. The largest absolute Gasteiger partial charge is 0.405 e. The molecule has 0 aliphatic carbocycles. The fourth-order valence-electron chi connectivity index (χ4n) is 0.719. The number of ether oxygens (including phenoxy) is 1. The number of halogens is 3. The molecular weight excluding hydrogens is 175 g/mol. The standard InChI is InChI=1S/C6H8F3NO2/c7-6(8,9)3-10-5(11)4-1-12-2-4/h4H,1-3H2,(H,10,11). The minimum atomic E-state index is -4.33. The van der Waals surface area contributed by atoms with Crippen molar-refractivity contribution in [3.63, 3.8) is 0 Å². The van der Waals surface area contributed by atoms with Gasteiger partial charge in [0.1, 0.15) is 6.54 Å². The summed E-state index contributed by atoms with van der Waals surface area (Å²) >= 11 is 0. The highest BCUT2D eigenvalue weighted by molar-refractivity contribution is 5.79. The molecule has 0 spiro atoms. The van der Waals surface area contributed by atoms with E-state index in [0.717, 1.165) is 0 Å². The molecule has 1 saturated heterocycles. The van der Waals surface area contributed by atoms with E-state index in [-0.39, 0.29) is 13.2 Å². The molecule has 0 atom stereocenters. The second-order valence-electron chi connectivity index (χ2n) is 2.57. The first-order chi connectivity index (χ1) is 5.49. The van der Waals surface area contributed by atoms with Gasteiger partial charge in [0.25, 0.3) is 0 Å². The molecule has 0 saturated carbocycles. The molecule has 0 radical (unpaired) electrons. The SMILES string of the molecule is O=C(NCC(F)(F)F)C1COC1. The molecular formula is C6H8F3NO2. The molecule has 1 rings (SSSR count). The third kappa shape index (κ3) is 2.69. The van der Waals surface area contributed by atoms with Crippen molar-refractivity contribution < 1.29 is 22.7 Å². The van der Waals surface area contributed by atoms with E-state index in [1.54, 1.807) is 5.32 Å². The molecule has 1 aliphatic heterocycles. The van der Waals surface area contributed by atoms with E-state index in [2.05, 4.69) is 4.74 Å². The van der Waals surface area contributed by atoms with Crippen LogP contribution in [0.1, 0.15) is 0 Å². The van der Waals surface area contributed by atoms with Gasteiger partial charge in [-0.3, -0.25) is 4.79 Å². The van der Waals surface area contributed by atoms with Gasteiger partial charge in [-0.15, -0.1) is 0 Å². The van der Waals surface area contributed by atoms with Gasteiger partial charge in [0.2, 0.25) is 5.91 Å². The molecule has 0 aromatic rings. The highest BCUT2D eigenvalue weighted by Crippen LogP contribution is 2.14. The lowest BCUT2D eigenvalue weighted by Gasteiger charge is -2.24. The molecule has 0 aromatic carbocycles. The summed E-state index contributed by atoms with van der Waals surface area (Å²) in [6.45, 7) is -0.810. The van der Waals surface area contributed by atoms with Crippen molar-refractivity contribution in [2.24, 2.45) is 5.92 Å². The summed E-state index contributed by atoms with van der Waals surface area (Å²) < 4.78 is 39.3. The van der Waals surface area contributed by atoms with Crippen LogP contribution in [0.4, 0.5) is 13.2 Å². The molecule has 1 aliphatic rings. The third-order valence-electron chi connectivity index (χ3n) is 1.47. The average molecular weight is 183 g/mol. The quantitative estimate of drug-likeness (QED) is 0.669. The Hall–Kier alpha value is -0.780. The predicted octanol–water partition coefficient (Wildman–Crippen LogP) is 0.311. The van der Waals surface area contributed by atoms with Crippen molar-refractivity contribution in [3.8, 4) is 0 Å². The Morgan fingerprint density at radius 3 is 2.42 bits per heavy atom. The average Bonchev–Trinajstić information content (AvgIpc) is 1.78. The Morgan fingerprint density at radius 1 is 1.50 bits per heavy atom. The van der Waals surface area contributed by atoms with Gasteiger partial charge in [-0.1, -0.05) is 0 Å².